The first-order chi connectivity index (χ1) is 15.1. The number of rotatable bonds is 10. The van der Waals surface area contributed by atoms with Crippen LogP contribution in [0.25, 0.3) is 0 Å². The summed E-state index contributed by atoms with van der Waals surface area (Å²) in [6.45, 7) is 11.8. The second-order valence-electron chi connectivity index (χ2n) is 9.64. The average Bonchev–Trinajstić information content (AvgIpc) is 3.03. The van der Waals surface area contributed by atoms with Gasteiger partial charge in [-0.05, 0) is 29.8 Å². The molecule has 0 spiro atoms. The van der Waals surface area contributed by atoms with Gasteiger partial charge in [0, 0.05) is 12.7 Å². The van der Waals surface area contributed by atoms with Gasteiger partial charge in [0.05, 0.1) is 19.8 Å². The monoisotopic (exact) mass is 458 g/mol. The van der Waals surface area contributed by atoms with E-state index >= 15 is 0 Å². The molecule has 1 heterocycles. The van der Waals surface area contributed by atoms with E-state index in [1.165, 1.54) is 7.11 Å². The van der Waals surface area contributed by atoms with Gasteiger partial charge in [-0.2, -0.15) is 0 Å². The first kappa shape index (κ1) is 24.4. The van der Waals surface area contributed by atoms with Crippen LogP contribution in [-0.4, -0.2) is 41.4 Å². The summed E-state index contributed by atoms with van der Waals surface area (Å²) in [4.78, 5) is 13.0. The van der Waals surface area contributed by atoms with Crippen molar-refractivity contribution < 1.29 is 28.2 Å². The minimum Gasteiger partial charge on any atom is -0.467 e. The Morgan fingerprint density at radius 2 is 1.72 bits per heavy atom. The quantitative estimate of drug-likeness (QED) is 0.274. The molecular formula is C25H34O6Si. The van der Waals surface area contributed by atoms with Gasteiger partial charge in [0.25, 0.3) is 0 Å². The van der Waals surface area contributed by atoms with E-state index in [1.807, 2.05) is 42.5 Å². The van der Waals surface area contributed by atoms with Gasteiger partial charge in [-0.15, -0.1) is 0 Å². The fourth-order valence-corrected chi connectivity index (χ4v) is 4.35. The molecule has 1 aliphatic rings. The van der Waals surface area contributed by atoms with Crippen LogP contribution in [0.15, 0.2) is 48.5 Å². The molecule has 0 fully saturated rings. The van der Waals surface area contributed by atoms with Crippen molar-refractivity contribution in [2.75, 3.05) is 27.1 Å². The Morgan fingerprint density at radius 1 is 1.00 bits per heavy atom. The van der Waals surface area contributed by atoms with E-state index in [9.17, 15) is 4.79 Å². The van der Waals surface area contributed by atoms with Crippen molar-refractivity contribution in [1.82, 2.24) is 0 Å². The van der Waals surface area contributed by atoms with Gasteiger partial charge in [-0.1, -0.05) is 63.2 Å². The van der Waals surface area contributed by atoms with Crippen LogP contribution < -0.4 is 4.74 Å². The van der Waals surface area contributed by atoms with Crippen LogP contribution in [0, 0.1) is 0 Å². The molecule has 7 heteroatoms. The first-order valence-electron chi connectivity index (χ1n) is 10.8. The minimum atomic E-state index is -2.10. The van der Waals surface area contributed by atoms with Gasteiger partial charge in [-0.3, -0.25) is 0 Å². The van der Waals surface area contributed by atoms with E-state index in [0.29, 0.717) is 17.9 Å². The fraction of sp³-hybridized carbons (Fsp3) is 0.480. The number of benzene rings is 2. The van der Waals surface area contributed by atoms with Gasteiger partial charge in [0.1, 0.15) is 11.3 Å². The van der Waals surface area contributed by atoms with Crippen LogP contribution in [0.5, 0.6) is 5.75 Å². The Morgan fingerprint density at radius 3 is 2.38 bits per heavy atom. The van der Waals surface area contributed by atoms with Gasteiger partial charge >= 0.3 is 5.97 Å². The fourth-order valence-electron chi connectivity index (χ4n) is 3.33. The molecular weight excluding hydrogens is 424 g/mol. The summed E-state index contributed by atoms with van der Waals surface area (Å²) < 4.78 is 29.3. The van der Waals surface area contributed by atoms with Crippen molar-refractivity contribution in [3.63, 3.8) is 0 Å². The molecule has 32 heavy (non-hydrogen) atoms. The van der Waals surface area contributed by atoms with E-state index < -0.39 is 19.9 Å². The Balaban J connectivity index is 1.90. The summed E-state index contributed by atoms with van der Waals surface area (Å²) in [5.74, 6) is 0.000423. The van der Waals surface area contributed by atoms with Gasteiger partial charge < -0.3 is 23.4 Å². The Labute approximate surface area is 191 Å². The van der Waals surface area contributed by atoms with E-state index in [0.717, 1.165) is 11.1 Å². The number of ether oxygens (including phenoxy) is 4. The van der Waals surface area contributed by atoms with Gasteiger partial charge in [0.15, 0.2) is 20.7 Å². The molecule has 3 rings (SSSR count). The molecule has 2 aromatic carbocycles. The van der Waals surface area contributed by atoms with Crippen LogP contribution in [0.2, 0.25) is 18.1 Å². The Kier molecular flexibility index (Phi) is 7.45. The number of fused-ring (bicyclic) bond motifs is 1. The molecule has 0 aromatic heterocycles. The van der Waals surface area contributed by atoms with Crippen LogP contribution in [0.3, 0.4) is 0 Å². The van der Waals surface area contributed by atoms with E-state index in [2.05, 4.69) is 33.9 Å². The molecule has 6 nitrogen and oxygen atoms in total. The zero-order valence-corrected chi connectivity index (χ0v) is 20.9. The zero-order chi connectivity index (χ0) is 23.4. The highest BCUT2D eigenvalue weighted by Gasteiger charge is 2.50. The highest BCUT2D eigenvalue weighted by atomic mass is 28.4. The number of methoxy groups -OCH3 is 1. The average molecular weight is 459 g/mol. The smallest absolute Gasteiger partial charge is 0.343 e. The molecule has 0 amide bonds. The summed E-state index contributed by atoms with van der Waals surface area (Å²) in [6.07, 6.45) is 0. The van der Waals surface area contributed by atoms with Crippen molar-refractivity contribution in [2.45, 2.75) is 51.1 Å². The molecule has 0 radical (unpaired) electrons. The van der Waals surface area contributed by atoms with Gasteiger partial charge in [-0.25, -0.2) is 4.79 Å². The first-order valence-corrected chi connectivity index (χ1v) is 13.7. The van der Waals surface area contributed by atoms with E-state index in [4.69, 9.17) is 23.4 Å². The largest absolute Gasteiger partial charge is 0.467 e. The Hall–Kier alpha value is -2.19. The summed E-state index contributed by atoms with van der Waals surface area (Å²) >= 11 is 0. The predicted octanol–water partition coefficient (Wildman–Crippen LogP) is 5.27. The van der Waals surface area contributed by atoms with Gasteiger partial charge in [0.2, 0.25) is 0 Å². The van der Waals surface area contributed by atoms with Crippen LogP contribution in [-0.2, 0) is 30.8 Å². The second-order valence-corrected chi connectivity index (χ2v) is 14.5. The molecule has 174 valence electrons. The topological polar surface area (TPSA) is 63.2 Å². The van der Waals surface area contributed by atoms with Crippen molar-refractivity contribution in [3.8, 4) is 5.75 Å². The maximum Gasteiger partial charge on any atom is 0.343 e. The van der Waals surface area contributed by atoms with E-state index in [1.54, 1.807) is 6.07 Å². The standard InChI is InChI=1S/C25H34O6Si/c1-24(2,3)32(5,6)30-17-25(16-28-15-19-11-8-7-9-12-19)20-13-10-14-21(29-18-27-4)22(20)23(26)31-25/h7-14H,15-18H2,1-6H3. The third-order valence-corrected chi connectivity index (χ3v) is 10.7. The lowest BCUT2D eigenvalue weighted by molar-refractivity contribution is -0.0871. The predicted molar refractivity (Wildman–Crippen MR) is 125 cm³/mol. The lowest BCUT2D eigenvalue weighted by Crippen LogP contribution is -2.47. The third kappa shape index (κ3) is 5.23. The van der Waals surface area contributed by atoms with Crippen LogP contribution >= 0.6 is 0 Å². The van der Waals surface area contributed by atoms with Crippen molar-refractivity contribution in [3.05, 3.63) is 65.2 Å². The van der Waals surface area contributed by atoms with Crippen LogP contribution in [0.1, 0.15) is 42.3 Å². The number of cyclic esters (lactones) is 1. The summed E-state index contributed by atoms with van der Waals surface area (Å²) in [6, 6.07) is 15.4. The molecule has 0 bridgehead atoms. The molecule has 2 aromatic rings. The molecule has 1 unspecified atom stereocenters. The summed E-state index contributed by atoms with van der Waals surface area (Å²) in [5.41, 5.74) is 1.15. The second kappa shape index (κ2) is 9.75. The number of esters is 1. The molecule has 0 aliphatic carbocycles. The molecule has 1 aliphatic heterocycles. The van der Waals surface area contributed by atoms with Crippen molar-refractivity contribution >= 4 is 14.3 Å². The number of hydrogen-bond donors (Lipinski definition) is 0. The third-order valence-electron chi connectivity index (χ3n) is 6.26. The SMILES string of the molecule is COCOc1cccc2c1C(=O)OC2(COCc1ccccc1)CO[Si](C)(C)C(C)(C)C. The number of carbonyl (C=O) groups is 1. The molecule has 1 atom stereocenters. The minimum absolute atomic E-state index is 0.0218. The highest BCUT2D eigenvalue weighted by Crippen LogP contribution is 2.44. The summed E-state index contributed by atoms with van der Waals surface area (Å²) in [7, 11) is -0.561. The lowest BCUT2D eigenvalue weighted by atomic mass is 9.93. The number of hydrogen-bond acceptors (Lipinski definition) is 6. The van der Waals surface area contributed by atoms with Crippen molar-refractivity contribution in [2.24, 2.45) is 0 Å². The molecule has 0 saturated carbocycles. The summed E-state index contributed by atoms with van der Waals surface area (Å²) in [5, 5.41) is 0.0218. The lowest BCUT2D eigenvalue weighted by Gasteiger charge is -2.39. The number of carbonyl (C=O) groups excluding carboxylic acids is 1. The van der Waals surface area contributed by atoms with E-state index in [-0.39, 0.29) is 25.0 Å². The Bertz CT molecular complexity index is 922. The molecule has 0 N–H and O–H groups in total. The normalized spacial score (nSPS) is 18.4. The maximum absolute atomic E-state index is 13.0. The maximum atomic E-state index is 13.0. The van der Waals surface area contributed by atoms with Crippen molar-refractivity contribution in [1.29, 1.82) is 0 Å². The molecule has 0 saturated heterocycles. The van der Waals surface area contributed by atoms with Crippen LogP contribution in [0.4, 0.5) is 0 Å². The zero-order valence-electron chi connectivity index (χ0n) is 19.9. The highest BCUT2D eigenvalue weighted by molar-refractivity contribution is 6.74.